The number of anilines is 1. The van der Waals surface area contributed by atoms with Crippen molar-refractivity contribution < 1.29 is 4.79 Å². The number of hydrogen-bond donors (Lipinski definition) is 3. The Hall–Kier alpha value is -2.43. The van der Waals surface area contributed by atoms with Gasteiger partial charge in [0.15, 0.2) is 5.82 Å². The molecular weight excluding hydrogens is 433 g/mol. The van der Waals surface area contributed by atoms with Gasteiger partial charge in [0.25, 0.3) is 0 Å². The Morgan fingerprint density at radius 3 is 3.16 bits per heavy atom. The van der Waals surface area contributed by atoms with Crippen molar-refractivity contribution in [3.05, 3.63) is 30.2 Å². The van der Waals surface area contributed by atoms with Crippen molar-refractivity contribution in [3.63, 3.8) is 0 Å². The molecule has 1 amide bonds. The van der Waals surface area contributed by atoms with E-state index in [2.05, 4.69) is 47.9 Å². The summed E-state index contributed by atoms with van der Waals surface area (Å²) >= 11 is 2.16. The van der Waals surface area contributed by atoms with Gasteiger partial charge in [0.2, 0.25) is 5.91 Å². The minimum atomic E-state index is -0.0547. The van der Waals surface area contributed by atoms with Crippen LogP contribution in [0.5, 0.6) is 0 Å². The number of amides is 1. The van der Waals surface area contributed by atoms with Crippen LogP contribution in [-0.4, -0.2) is 42.7 Å². The van der Waals surface area contributed by atoms with Crippen LogP contribution in [0.1, 0.15) is 12.5 Å². The summed E-state index contributed by atoms with van der Waals surface area (Å²) in [5, 5.41) is 3.66. The summed E-state index contributed by atoms with van der Waals surface area (Å²) in [4.78, 5) is 28.1. The lowest BCUT2D eigenvalue weighted by atomic mass is 10.2. The molecule has 0 fully saturated rings. The van der Waals surface area contributed by atoms with Crippen molar-refractivity contribution in [3.8, 4) is 11.4 Å². The van der Waals surface area contributed by atoms with Gasteiger partial charge in [-0.15, -0.1) is 0 Å². The van der Waals surface area contributed by atoms with E-state index >= 15 is 0 Å². The quantitative estimate of drug-likeness (QED) is 0.230. The Bertz CT molecular complexity index is 928. The number of aromatic amines is 1. The number of likely N-dealkylation sites (N-methyl/N-ethyl adjacent to an activating group) is 1. The maximum Gasteiger partial charge on any atom is 0.239 e. The standard InChI is InChI=1S/C16H18IN7O/c1-2-20-13(25)8-24-4-3-10-5-22-15(23-16(10)24)12-7-21-14(18)11(12)6-19-9-17/h3-7,21H,2,8-9,18H2,1H3,(H,20,25). The number of H-pyrrole nitrogens is 1. The van der Waals surface area contributed by atoms with Crippen LogP contribution < -0.4 is 11.1 Å². The van der Waals surface area contributed by atoms with E-state index in [9.17, 15) is 4.79 Å². The Morgan fingerprint density at radius 2 is 2.40 bits per heavy atom. The molecule has 25 heavy (non-hydrogen) atoms. The highest BCUT2D eigenvalue weighted by Gasteiger charge is 2.14. The smallest absolute Gasteiger partial charge is 0.239 e. The first kappa shape index (κ1) is 17.4. The summed E-state index contributed by atoms with van der Waals surface area (Å²) in [6.07, 6.45) is 7.06. The SMILES string of the molecule is CCNC(=O)Cn1ccc2cnc(-c3c[nH]c(N)c3C=NCI)nc21. The molecule has 8 nitrogen and oxygen atoms in total. The Labute approximate surface area is 158 Å². The zero-order valence-corrected chi connectivity index (χ0v) is 15.8. The fourth-order valence-electron chi connectivity index (χ4n) is 2.54. The number of hydrogen-bond acceptors (Lipinski definition) is 5. The second-order valence-electron chi connectivity index (χ2n) is 5.33. The Balaban J connectivity index is 2.01. The molecule has 0 spiro atoms. The van der Waals surface area contributed by atoms with E-state index in [0.717, 1.165) is 16.5 Å². The molecule has 0 aliphatic heterocycles. The molecule has 4 N–H and O–H groups in total. The molecule has 0 saturated heterocycles. The van der Waals surface area contributed by atoms with E-state index in [-0.39, 0.29) is 12.5 Å². The summed E-state index contributed by atoms with van der Waals surface area (Å²) in [5.41, 5.74) is 8.22. The maximum atomic E-state index is 11.9. The molecule has 3 rings (SSSR count). The molecule has 0 radical (unpaired) electrons. The normalized spacial score (nSPS) is 11.4. The molecule has 0 aromatic carbocycles. The highest BCUT2D eigenvalue weighted by molar-refractivity contribution is 14.1. The molecule has 0 saturated carbocycles. The second-order valence-corrected chi connectivity index (χ2v) is 6.01. The predicted molar refractivity (Wildman–Crippen MR) is 107 cm³/mol. The Kier molecular flexibility index (Phi) is 5.31. The van der Waals surface area contributed by atoms with Gasteiger partial charge in [-0.25, -0.2) is 9.97 Å². The number of carbonyl (C=O) groups excluding carboxylic acids is 1. The largest absolute Gasteiger partial charge is 0.385 e. The fraction of sp³-hybridized carbons (Fsp3) is 0.250. The van der Waals surface area contributed by atoms with Gasteiger partial charge in [-0.05, 0) is 13.0 Å². The number of aromatic nitrogens is 4. The van der Waals surface area contributed by atoms with Gasteiger partial charge < -0.3 is 20.6 Å². The summed E-state index contributed by atoms with van der Waals surface area (Å²) in [5.74, 6) is 0.997. The molecule has 0 aliphatic carbocycles. The molecular formula is C16H18IN7O. The maximum absolute atomic E-state index is 11.9. The average Bonchev–Trinajstić information content (AvgIpc) is 3.16. The highest BCUT2D eigenvalue weighted by atomic mass is 127. The van der Waals surface area contributed by atoms with Gasteiger partial charge in [0, 0.05) is 47.9 Å². The molecule has 9 heteroatoms. The van der Waals surface area contributed by atoms with Crippen LogP contribution in [0.25, 0.3) is 22.4 Å². The van der Waals surface area contributed by atoms with Gasteiger partial charge >= 0.3 is 0 Å². The molecule has 3 aromatic rings. The van der Waals surface area contributed by atoms with E-state index in [1.165, 1.54) is 0 Å². The van der Waals surface area contributed by atoms with Gasteiger partial charge in [0.1, 0.15) is 18.0 Å². The van der Waals surface area contributed by atoms with Crippen LogP contribution in [0.15, 0.2) is 29.6 Å². The molecule has 0 bridgehead atoms. The first-order valence-electron chi connectivity index (χ1n) is 7.75. The molecule has 3 aromatic heterocycles. The number of alkyl halides is 1. The summed E-state index contributed by atoms with van der Waals surface area (Å²) in [6, 6.07) is 1.89. The highest BCUT2D eigenvalue weighted by Crippen LogP contribution is 2.25. The minimum absolute atomic E-state index is 0.0547. The molecule has 0 unspecified atom stereocenters. The fourth-order valence-corrected chi connectivity index (χ4v) is 2.73. The van der Waals surface area contributed by atoms with E-state index in [4.69, 9.17) is 5.73 Å². The number of aliphatic imine (C=N–C) groups is 1. The monoisotopic (exact) mass is 451 g/mol. The van der Waals surface area contributed by atoms with E-state index < -0.39 is 0 Å². The van der Waals surface area contributed by atoms with E-state index in [1.54, 1.807) is 23.2 Å². The van der Waals surface area contributed by atoms with Gasteiger partial charge in [-0.3, -0.25) is 9.79 Å². The van der Waals surface area contributed by atoms with Crippen molar-refractivity contribution in [1.82, 2.24) is 24.8 Å². The van der Waals surface area contributed by atoms with Crippen molar-refractivity contribution in [2.45, 2.75) is 13.5 Å². The number of nitrogen functional groups attached to an aromatic ring is 1. The lowest BCUT2D eigenvalue weighted by Gasteiger charge is -2.06. The molecule has 130 valence electrons. The second kappa shape index (κ2) is 7.64. The number of halogens is 1. The molecule has 3 heterocycles. The third-order valence-corrected chi connectivity index (χ3v) is 4.07. The predicted octanol–water partition coefficient (Wildman–Crippen LogP) is 1.96. The third kappa shape index (κ3) is 3.65. The van der Waals surface area contributed by atoms with Crippen LogP contribution in [0.3, 0.4) is 0 Å². The summed E-state index contributed by atoms with van der Waals surface area (Å²) in [6.45, 7) is 2.70. The van der Waals surface area contributed by atoms with Crippen molar-refractivity contribution in [1.29, 1.82) is 0 Å². The molecule has 0 atom stereocenters. The van der Waals surface area contributed by atoms with Crippen LogP contribution >= 0.6 is 22.6 Å². The number of nitrogens with zero attached hydrogens (tertiary/aromatic N) is 4. The average molecular weight is 451 g/mol. The third-order valence-electron chi connectivity index (χ3n) is 3.67. The minimum Gasteiger partial charge on any atom is -0.385 e. The van der Waals surface area contributed by atoms with Gasteiger partial charge in [-0.2, -0.15) is 0 Å². The van der Waals surface area contributed by atoms with E-state index in [1.807, 2.05) is 19.2 Å². The zero-order valence-electron chi connectivity index (χ0n) is 13.7. The van der Waals surface area contributed by atoms with Crippen molar-refractivity contribution >= 4 is 51.6 Å². The van der Waals surface area contributed by atoms with Crippen LogP contribution in [0.4, 0.5) is 5.82 Å². The summed E-state index contributed by atoms with van der Waals surface area (Å²) in [7, 11) is 0. The van der Waals surface area contributed by atoms with Crippen molar-refractivity contribution in [2.75, 3.05) is 16.8 Å². The van der Waals surface area contributed by atoms with Crippen LogP contribution in [0, 0.1) is 0 Å². The number of carbonyl (C=O) groups is 1. The van der Waals surface area contributed by atoms with Crippen molar-refractivity contribution in [2.24, 2.45) is 4.99 Å². The lowest BCUT2D eigenvalue weighted by Crippen LogP contribution is -2.26. The number of nitrogens with two attached hydrogens (primary N) is 1. The first-order valence-corrected chi connectivity index (χ1v) is 9.28. The van der Waals surface area contributed by atoms with Crippen LogP contribution in [0.2, 0.25) is 0 Å². The first-order chi connectivity index (χ1) is 12.1. The van der Waals surface area contributed by atoms with Gasteiger partial charge in [0.05, 0.1) is 4.55 Å². The Morgan fingerprint density at radius 1 is 1.56 bits per heavy atom. The van der Waals surface area contributed by atoms with Gasteiger partial charge in [-0.1, -0.05) is 22.6 Å². The zero-order chi connectivity index (χ0) is 17.8. The van der Waals surface area contributed by atoms with E-state index in [0.29, 0.717) is 28.4 Å². The summed E-state index contributed by atoms with van der Waals surface area (Å²) < 4.78 is 2.44. The molecule has 0 aliphatic rings. The lowest BCUT2D eigenvalue weighted by molar-refractivity contribution is -0.121. The number of rotatable bonds is 6. The topological polar surface area (TPSA) is 114 Å². The number of fused-ring (bicyclic) bond motifs is 1. The number of nitrogens with one attached hydrogen (secondary N) is 2. The van der Waals surface area contributed by atoms with Crippen LogP contribution in [-0.2, 0) is 11.3 Å².